The maximum atomic E-state index is 12.4. The Morgan fingerprint density at radius 3 is 2.54 bits per heavy atom. The number of sulfonamides is 1. The van der Waals surface area contributed by atoms with Crippen LogP contribution in [0.1, 0.15) is 11.1 Å². The van der Waals surface area contributed by atoms with Crippen LogP contribution in [0.4, 0.5) is 11.5 Å². The minimum absolute atomic E-state index is 0.0308. The molecule has 0 saturated heterocycles. The van der Waals surface area contributed by atoms with E-state index in [0.29, 0.717) is 18.1 Å². The molecule has 1 aromatic heterocycles. The van der Waals surface area contributed by atoms with Crippen LogP contribution in [0.15, 0.2) is 71.8 Å². The molecule has 0 aliphatic rings. The van der Waals surface area contributed by atoms with Crippen molar-refractivity contribution in [2.24, 2.45) is 0 Å². The van der Waals surface area contributed by atoms with Crippen LogP contribution in [0, 0.1) is 6.92 Å². The minimum atomic E-state index is -3.76. The molecule has 0 amide bonds. The summed E-state index contributed by atoms with van der Waals surface area (Å²) >= 11 is 5.97. The average Bonchev–Trinajstić information content (AvgIpc) is 2.61. The molecule has 0 aliphatic carbocycles. The normalized spacial score (nSPS) is 11.2. The first-order valence-electron chi connectivity index (χ1n) is 7.97. The minimum Gasteiger partial charge on any atom is -0.366 e. The number of anilines is 2. The zero-order valence-corrected chi connectivity index (χ0v) is 15.7. The molecule has 134 valence electrons. The van der Waals surface area contributed by atoms with E-state index in [1.807, 2.05) is 25.1 Å². The maximum absolute atomic E-state index is 12.4. The predicted octanol–water partition coefficient (Wildman–Crippen LogP) is 4.46. The van der Waals surface area contributed by atoms with E-state index in [2.05, 4.69) is 21.1 Å². The lowest BCUT2D eigenvalue weighted by Gasteiger charge is -2.10. The van der Waals surface area contributed by atoms with Crippen LogP contribution in [0.25, 0.3) is 0 Å². The summed E-state index contributed by atoms with van der Waals surface area (Å²) in [5.74, 6) is 0.659. The molecule has 2 aromatic carbocycles. The number of pyridine rings is 1. The van der Waals surface area contributed by atoms with E-state index in [9.17, 15) is 8.42 Å². The number of nitrogens with one attached hydrogen (secondary N) is 2. The van der Waals surface area contributed by atoms with Crippen LogP contribution in [-0.2, 0) is 16.6 Å². The Hall–Kier alpha value is -2.57. The van der Waals surface area contributed by atoms with Crippen molar-refractivity contribution in [2.45, 2.75) is 18.4 Å². The first-order valence-corrected chi connectivity index (χ1v) is 9.83. The van der Waals surface area contributed by atoms with Gasteiger partial charge < -0.3 is 5.32 Å². The van der Waals surface area contributed by atoms with Gasteiger partial charge in [0.2, 0.25) is 0 Å². The highest BCUT2D eigenvalue weighted by Gasteiger charge is 2.17. The van der Waals surface area contributed by atoms with Gasteiger partial charge in [0.1, 0.15) is 10.7 Å². The molecule has 26 heavy (non-hydrogen) atoms. The lowest BCUT2D eigenvalue weighted by Crippen LogP contribution is -2.13. The molecule has 3 rings (SSSR count). The van der Waals surface area contributed by atoms with Gasteiger partial charge in [-0.2, -0.15) is 0 Å². The molecule has 0 bridgehead atoms. The summed E-state index contributed by atoms with van der Waals surface area (Å²) < 4.78 is 27.3. The fourth-order valence-corrected chi connectivity index (χ4v) is 4.01. The van der Waals surface area contributed by atoms with Crippen molar-refractivity contribution in [3.63, 3.8) is 0 Å². The second kappa shape index (κ2) is 7.76. The van der Waals surface area contributed by atoms with E-state index in [1.54, 1.807) is 24.3 Å². The third-order valence-electron chi connectivity index (χ3n) is 3.70. The van der Waals surface area contributed by atoms with Gasteiger partial charge in [0.25, 0.3) is 10.0 Å². The summed E-state index contributed by atoms with van der Waals surface area (Å²) in [6.45, 7) is 2.68. The molecule has 0 fully saturated rings. The van der Waals surface area contributed by atoms with E-state index in [1.165, 1.54) is 23.9 Å². The molecule has 1 heterocycles. The molecule has 0 spiro atoms. The molecule has 0 unspecified atom stereocenters. The third kappa shape index (κ3) is 4.53. The van der Waals surface area contributed by atoms with Crippen LogP contribution >= 0.6 is 11.6 Å². The fourth-order valence-electron chi connectivity index (χ4n) is 2.45. The van der Waals surface area contributed by atoms with Gasteiger partial charge in [-0.25, -0.2) is 13.4 Å². The monoisotopic (exact) mass is 387 g/mol. The Bertz CT molecular complexity index is 1010. The third-order valence-corrected chi connectivity index (χ3v) is 5.58. The summed E-state index contributed by atoms with van der Waals surface area (Å²) in [5, 5.41) is 3.38. The zero-order chi connectivity index (χ0) is 18.6. The molecular formula is C19H18ClN3O2S. The van der Waals surface area contributed by atoms with Crippen LogP contribution in [-0.4, -0.2) is 13.4 Å². The molecule has 3 aromatic rings. The number of halogens is 1. The number of hydrogen-bond donors (Lipinski definition) is 2. The fraction of sp³-hybridized carbons (Fsp3) is 0.105. The van der Waals surface area contributed by atoms with Crippen molar-refractivity contribution in [3.8, 4) is 0 Å². The molecule has 0 saturated carbocycles. The Kier molecular flexibility index (Phi) is 5.44. The second-order valence-electron chi connectivity index (χ2n) is 5.81. The molecule has 7 heteroatoms. The van der Waals surface area contributed by atoms with E-state index in [4.69, 9.17) is 11.6 Å². The van der Waals surface area contributed by atoms with Crippen LogP contribution in [0.2, 0.25) is 5.02 Å². The largest absolute Gasteiger partial charge is 0.366 e. The number of aromatic nitrogens is 1. The lowest BCUT2D eigenvalue weighted by atomic mass is 10.1. The first kappa shape index (κ1) is 18.2. The van der Waals surface area contributed by atoms with Gasteiger partial charge in [-0.3, -0.25) is 4.72 Å². The van der Waals surface area contributed by atoms with Crippen LogP contribution in [0.3, 0.4) is 0 Å². The Morgan fingerprint density at radius 1 is 1.04 bits per heavy atom. The highest BCUT2D eigenvalue weighted by atomic mass is 35.5. The van der Waals surface area contributed by atoms with E-state index >= 15 is 0 Å². The number of rotatable bonds is 6. The van der Waals surface area contributed by atoms with Gasteiger partial charge in [-0.05, 0) is 36.8 Å². The van der Waals surface area contributed by atoms with Crippen molar-refractivity contribution in [3.05, 3.63) is 83.0 Å². The summed E-state index contributed by atoms with van der Waals surface area (Å²) in [6, 6.07) is 17.8. The zero-order valence-electron chi connectivity index (χ0n) is 14.1. The van der Waals surface area contributed by atoms with Gasteiger partial charge in [0.15, 0.2) is 0 Å². The van der Waals surface area contributed by atoms with Crippen molar-refractivity contribution in [1.29, 1.82) is 0 Å². The van der Waals surface area contributed by atoms with Gasteiger partial charge in [0, 0.05) is 6.54 Å². The number of hydrogen-bond acceptors (Lipinski definition) is 4. The number of aryl methyl sites for hydroxylation is 1. The summed E-state index contributed by atoms with van der Waals surface area (Å²) in [6.07, 6.45) is 1.47. The van der Waals surface area contributed by atoms with Gasteiger partial charge >= 0.3 is 0 Å². The smallest absolute Gasteiger partial charge is 0.263 e. The van der Waals surface area contributed by atoms with Crippen molar-refractivity contribution >= 4 is 33.1 Å². The van der Waals surface area contributed by atoms with Gasteiger partial charge in [-0.15, -0.1) is 0 Å². The topological polar surface area (TPSA) is 71.1 Å². The SMILES string of the molecule is Cc1cccc(CNc2ccc(NS(=O)(=O)c3ccccc3Cl)cn2)c1. The number of benzene rings is 2. The molecule has 0 aliphatic heterocycles. The van der Waals surface area contributed by atoms with E-state index < -0.39 is 10.0 Å². The molecular weight excluding hydrogens is 370 g/mol. The average molecular weight is 388 g/mol. The molecule has 0 atom stereocenters. The van der Waals surface area contributed by atoms with Crippen LogP contribution < -0.4 is 10.0 Å². The van der Waals surface area contributed by atoms with Gasteiger partial charge in [0.05, 0.1) is 16.9 Å². The summed E-state index contributed by atoms with van der Waals surface area (Å²) in [5.41, 5.74) is 2.71. The Labute approximate surface area is 158 Å². The Morgan fingerprint density at radius 2 is 1.85 bits per heavy atom. The highest BCUT2D eigenvalue weighted by molar-refractivity contribution is 7.92. The van der Waals surface area contributed by atoms with E-state index in [0.717, 1.165) is 5.56 Å². The summed E-state index contributed by atoms with van der Waals surface area (Å²) in [7, 11) is -3.76. The van der Waals surface area contributed by atoms with Crippen molar-refractivity contribution in [2.75, 3.05) is 10.0 Å². The maximum Gasteiger partial charge on any atom is 0.263 e. The molecule has 5 nitrogen and oxygen atoms in total. The standard InChI is InChI=1S/C19H18ClN3O2S/c1-14-5-4-6-15(11-14)12-21-19-10-9-16(13-22-19)23-26(24,25)18-8-3-2-7-17(18)20/h2-11,13,23H,12H2,1H3,(H,21,22). The van der Waals surface area contributed by atoms with E-state index in [-0.39, 0.29) is 9.92 Å². The second-order valence-corrected chi connectivity index (χ2v) is 7.87. The van der Waals surface area contributed by atoms with Gasteiger partial charge in [-0.1, -0.05) is 53.6 Å². The molecule has 0 radical (unpaired) electrons. The lowest BCUT2D eigenvalue weighted by molar-refractivity contribution is 0.601. The summed E-state index contributed by atoms with van der Waals surface area (Å²) in [4.78, 5) is 4.28. The van der Waals surface area contributed by atoms with Crippen LogP contribution in [0.5, 0.6) is 0 Å². The van der Waals surface area contributed by atoms with Crippen molar-refractivity contribution in [1.82, 2.24) is 4.98 Å². The Balaban J connectivity index is 1.67. The first-order chi connectivity index (χ1) is 12.4. The van der Waals surface area contributed by atoms with Crippen molar-refractivity contribution < 1.29 is 8.42 Å². The quantitative estimate of drug-likeness (QED) is 0.655. The molecule has 2 N–H and O–H groups in total. The predicted molar refractivity (Wildman–Crippen MR) is 105 cm³/mol. The highest BCUT2D eigenvalue weighted by Crippen LogP contribution is 2.23. The number of nitrogens with zero attached hydrogens (tertiary/aromatic N) is 1.